The number of fused-ring (bicyclic) bond motifs is 1. The minimum atomic E-state index is -0.416. The predicted molar refractivity (Wildman–Crippen MR) is 174 cm³/mol. The molecule has 232 valence electrons. The van der Waals surface area contributed by atoms with Gasteiger partial charge >= 0.3 is 5.97 Å². The number of likely N-dealkylation sites (tertiary alicyclic amines) is 2. The van der Waals surface area contributed by atoms with Crippen molar-refractivity contribution in [2.75, 3.05) is 46.4 Å². The Balaban J connectivity index is 1.29. The van der Waals surface area contributed by atoms with E-state index in [0.717, 1.165) is 100 Å². The van der Waals surface area contributed by atoms with Crippen molar-refractivity contribution in [3.63, 3.8) is 0 Å². The van der Waals surface area contributed by atoms with Crippen LogP contribution in [0, 0.1) is 17.8 Å². The third-order valence-corrected chi connectivity index (χ3v) is 10.2. The summed E-state index contributed by atoms with van der Waals surface area (Å²) in [6.45, 7) is 11.4. The second-order valence-electron chi connectivity index (χ2n) is 12.4. The van der Waals surface area contributed by atoms with Crippen molar-refractivity contribution in [1.82, 2.24) is 15.1 Å². The van der Waals surface area contributed by atoms with E-state index in [4.69, 9.17) is 32.9 Å². The molecule has 3 aliphatic heterocycles. The summed E-state index contributed by atoms with van der Waals surface area (Å²) in [6, 6.07) is 5.67. The van der Waals surface area contributed by atoms with E-state index in [-0.39, 0.29) is 6.04 Å². The second-order valence-corrected chi connectivity index (χ2v) is 13.4. The number of halogens is 2. The number of ether oxygens (including phenoxy) is 1. The van der Waals surface area contributed by atoms with Gasteiger partial charge in [-0.3, -0.25) is 14.7 Å². The van der Waals surface area contributed by atoms with E-state index in [1.165, 1.54) is 7.11 Å². The van der Waals surface area contributed by atoms with Crippen molar-refractivity contribution in [3.05, 3.63) is 62.8 Å². The molecule has 0 aromatic heterocycles. The minimum Gasteiger partial charge on any atom is -0.465 e. The summed E-state index contributed by atoms with van der Waals surface area (Å²) in [5.74, 6) is 1.75. The molecule has 1 N–H and O–H groups in total. The first-order valence-electron chi connectivity index (χ1n) is 15.7. The standard InChI is InChI=1S/C34H44Cl2N4O3/c1-22(35)21-38-32-23(2)30(34(42)43-3)20-27-19-28(36)4-5-29(27)33(32)40-16-10-26(11-17-40)25-8-14-39(15-9-25)31(41)18-24-6-12-37-13-7-24/h4-5,19-21,24-26,33,37H,1,6-18H2,2-3H3. The lowest BCUT2D eigenvalue weighted by Crippen LogP contribution is -2.44. The number of esters is 1. The van der Waals surface area contributed by atoms with Gasteiger partial charge in [-0.2, -0.15) is 0 Å². The number of rotatable bonds is 7. The molecule has 3 heterocycles. The molecule has 0 radical (unpaired) electrons. The zero-order valence-corrected chi connectivity index (χ0v) is 26.9. The number of amides is 1. The lowest BCUT2D eigenvalue weighted by Gasteiger charge is -2.43. The van der Waals surface area contributed by atoms with Gasteiger partial charge in [-0.1, -0.05) is 35.8 Å². The molecule has 0 saturated carbocycles. The Morgan fingerprint density at radius 2 is 1.72 bits per heavy atom. The van der Waals surface area contributed by atoms with Crippen molar-refractivity contribution in [2.45, 2.75) is 57.9 Å². The van der Waals surface area contributed by atoms with Gasteiger partial charge in [-0.15, -0.1) is 0 Å². The van der Waals surface area contributed by atoms with E-state index < -0.39 is 5.97 Å². The summed E-state index contributed by atoms with van der Waals surface area (Å²) < 4.78 is 5.15. The van der Waals surface area contributed by atoms with Crippen LogP contribution in [0.1, 0.15) is 69.0 Å². The molecule has 1 atom stereocenters. The smallest absolute Gasteiger partial charge is 0.338 e. The summed E-state index contributed by atoms with van der Waals surface area (Å²) in [6.07, 6.45) is 10.7. The number of methoxy groups -OCH3 is 1. The Labute approximate surface area is 266 Å². The molecule has 1 unspecified atom stereocenters. The van der Waals surface area contributed by atoms with Gasteiger partial charge in [0.15, 0.2) is 0 Å². The van der Waals surface area contributed by atoms with E-state index >= 15 is 0 Å². The van der Waals surface area contributed by atoms with Crippen molar-refractivity contribution in [3.8, 4) is 0 Å². The van der Waals surface area contributed by atoms with E-state index in [0.29, 0.717) is 45.7 Å². The third-order valence-electron chi connectivity index (χ3n) is 9.86. The number of carbonyl (C=O) groups is 2. The first kappa shape index (κ1) is 32.0. The predicted octanol–water partition coefficient (Wildman–Crippen LogP) is 6.39. The number of piperidine rings is 3. The largest absolute Gasteiger partial charge is 0.465 e. The summed E-state index contributed by atoms with van der Waals surface area (Å²) in [5, 5.41) is 4.32. The van der Waals surface area contributed by atoms with Crippen LogP contribution < -0.4 is 5.32 Å². The number of carbonyl (C=O) groups excluding carboxylic acids is 2. The number of benzene rings is 1. The lowest BCUT2D eigenvalue weighted by atomic mass is 9.78. The summed E-state index contributed by atoms with van der Waals surface area (Å²) in [4.78, 5) is 35.3. The van der Waals surface area contributed by atoms with E-state index in [2.05, 4.69) is 21.7 Å². The lowest BCUT2D eigenvalue weighted by molar-refractivity contribution is -0.136. The molecular formula is C34H44Cl2N4O3. The van der Waals surface area contributed by atoms with Crippen molar-refractivity contribution >= 4 is 47.4 Å². The zero-order chi connectivity index (χ0) is 30.5. The molecule has 43 heavy (non-hydrogen) atoms. The Kier molecular flexibility index (Phi) is 10.8. The number of nitrogens with zero attached hydrogens (tertiary/aromatic N) is 3. The van der Waals surface area contributed by atoms with Gasteiger partial charge < -0.3 is 15.0 Å². The molecule has 1 aromatic rings. The molecule has 4 aliphatic rings. The average molecular weight is 628 g/mol. The maximum atomic E-state index is 13.0. The van der Waals surface area contributed by atoms with Crippen molar-refractivity contribution in [1.29, 1.82) is 0 Å². The number of hydrogen-bond donors (Lipinski definition) is 1. The van der Waals surface area contributed by atoms with Crippen LogP contribution in [-0.2, 0) is 14.3 Å². The molecule has 1 aromatic carbocycles. The van der Waals surface area contributed by atoms with Gasteiger partial charge in [-0.05, 0) is 124 Å². The number of aliphatic imine (C=N–C) groups is 1. The molecule has 1 amide bonds. The van der Waals surface area contributed by atoms with Crippen molar-refractivity contribution in [2.24, 2.45) is 22.7 Å². The minimum absolute atomic E-state index is 0.173. The summed E-state index contributed by atoms with van der Waals surface area (Å²) >= 11 is 12.5. The van der Waals surface area contributed by atoms with E-state index in [1.54, 1.807) is 6.21 Å². The number of allylic oxidation sites excluding steroid dienone is 1. The average Bonchev–Trinajstić information content (AvgIpc) is 3.14. The van der Waals surface area contributed by atoms with Crippen LogP contribution in [0.4, 0.5) is 0 Å². The molecule has 7 nitrogen and oxygen atoms in total. The molecule has 0 bridgehead atoms. The molecule has 3 fully saturated rings. The third kappa shape index (κ3) is 7.62. The Morgan fingerprint density at radius 1 is 1.07 bits per heavy atom. The highest BCUT2D eigenvalue weighted by Gasteiger charge is 2.37. The van der Waals surface area contributed by atoms with Crippen molar-refractivity contribution < 1.29 is 14.3 Å². The van der Waals surface area contributed by atoms with E-state index in [1.807, 2.05) is 31.2 Å². The highest BCUT2D eigenvalue weighted by Crippen LogP contribution is 2.43. The summed E-state index contributed by atoms with van der Waals surface area (Å²) in [7, 11) is 1.39. The highest BCUT2D eigenvalue weighted by atomic mass is 35.5. The maximum absolute atomic E-state index is 13.0. The quantitative estimate of drug-likeness (QED) is 0.280. The van der Waals surface area contributed by atoms with Crippen LogP contribution in [0.2, 0.25) is 5.02 Å². The Bertz CT molecular complexity index is 1300. The second kappa shape index (κ2) is 14.6. The van der Waals surface area contributed by atoms with Crippen LogP contribution in [-0.4, -0.2) is 74.3 Å². The van der Waals surface area contributed by atoms with Crippen LogP contribution in [0.5, 0.6) is 0 Å². The fourth-order valence-corrected chi connectivity index (χ4v) is 7.63. The normalized spacial score (nSPS) is 23.2. The number of hydrogen-bond acceptors (Lipinski definition) is 6. The molecule has 0 spiro atoms. The highest BCUT2D eigenvalue weighted by molar-refractivity contribution is 6.38. The van der Waals surface area contributed by atoms with Gasteiger partial charge in [0.25, 0.3) is 0 Å². The first-order valence-corrected chi connectivity index (χ1v) is 16.4. The molecule has 1 aliphatic carbocycles. The van der Waals surface area contributed by atoms with Gasteiger partial charge in [0.2, 0.25) is 5.91 Å². The topological polar surface area (TPSA) is 74.2 Å². The molecule has 9 heteroatoms. The van der Waals surface area contributed by atoms with Gasteiger partial charge in [0.05, 0.1) is 29.5 Å². The van der Waals surface area contributed by atoms with Crippen LogP contribution in [0.15, 0.2) is 51.6 Å². The van der Waals surface area contributed by atoms with E-state index in [9.17, 15) is 9.59 Å². The molecular weight excluding hydrogens is 583 g/mol. The summed E-state index contributed by atoms with van der Waals surface area (Å²) in [5.41, 5.74) is 3.91. The number of nitrogens with one attached hydrogen (secondary N) is 1. The fourth-order valence-electron chi connectivity index (χ4n) is 7.40. The Morgan fingerprint density at radius 3 is 2.35 bits per heavy atom. The maximum Gasteiger partial charge on any atom is 0.338 e. The van der Waals surface area contributed by atoms with Gasteiger partial charge in [-0.25, -0.2) is 4.79 Å². The van der Waals surface area contributed by atoms with Gasteiger partial charge in [0.1, 0.15) is 0 Å². The van der Waals surface area contributed by atoms with Crippen LogP contribution in [0.25, 0.3) is 6.08 Å². The SMILES string of the molecule is C=C(Cl)C=NC1=C(C)C(C(=O)OC)=Cc2cc(Cl)ccc2C1N1CCC(C2CCN(C(=O)CC3CCNCC3)CC2)CC1. The van der Waals surface area contributed by atoms with Gasteiger partial charge in [0, 0.05) is 30.7 Å². The van der Waals surface area contributed by atoms with Crippen LogP contribution in [0.3, 0.4) is 0 Å². The first-order chi connectivity index (χ1) is 20.7. The monoisotopic (exact) mass is 626 g/mol. The zero-order valence-electron chi connectivity index (χ0n) is 25.4. The fraction of sp³-hybridized carbons (Fsp3) is 0.559. The van der Waals surface area contributed by atoms with Crippen LogP contribution >= 0.6 is 23.2 Å². The Hall–Kier alpha value is -2.45. The molecule has 3 saturated heterocycles. The molecule has 5 rings (SSSR count).